The summed E-state index contributed by atoms with van der Waals surface area (Å²) in [6.45, 7) is 5.18. The Balaban J connectivity index is 1.60. The summed E-state index contributed by atoms with van der Waals surface area (Å²) in [7, 11) is 1.71. The second-order valence-corrected chi connectivity index (χ2v) is 8.05. The molecule has 3 rings (SSSR count). The molecule has 0 fully saturated rings. The number of ether oxygens (including phenoxy) is 2. The second-order valence-electron chi connectivity index (χ2n) is 8.05. The lowest BCUT2D eigenvalue weighted by atomic mass is 9.79. The van der Waals surface area contributed by atoms with E-state index in [1.54, 1.807) is 7.11 Å². The van der Waals surface area contributed by atoms with Crippen molar-refractivity contribution < 1.29 is 13.9 Å². The average Bonchev–Trinajstić information content (AvgIpc) is 2.72. The van der Waals surface area contributed by atoms with Crippen LogP contribution in [0.1, 0.15) is 43.4 Å². The van der Waals surface area contributed by atoms with Crippen LogP contribution in [-0.2, 0) is 23.2 Å². The molecule has 0 aliphatic carbocycles. The van der Waals surface area contributed by atoms with Gasteiger partial charge in [0.05, 0.1) is 6.61 Å². The molecule has 2 nitrogen and oxygen atoms in total. The predicted octanol–water partition coefficient (Wildman–Crippen LogP) is 7.06. The molecule has 0 unspecified atom stereocenters. The number of benzene rings is 3. The molecule has 0 saturated carbocycles. The smallest absolute Gasteiger partial charge is 0.165 e. The summed E-state index contributed by atoms with van der Waals surface area (Å²) in [5.74, 6) is 0.581. The minimum Gasteiger partial charge on any atom is -0.454 e. The van der Waals surface area contributed by atoms with Gasteiger partial charge in [-0.1, -0.05) is 62.4 Å². The normalized spacial score (nSPS) is 11.4. The van der Waals surface area contributed by atoms with Crippen LogP contribution in [0.4, 0.5) is 4.39 Å². The van der Waals surface area contributed by atoms with Crippen molar-refractivity contribution in [1.82, 2.24) is 0 Å². The zero-order valence-corrected chi connectivity index (χ0v) is 17.5. The molecule has 0 aromatic heterocycles. The first-order valence-electron chi connectivity index (χ1n) is 10.1. The van der Waals surface area contributed by atoms with Crippen LogP contribution in [0.25, 0.3) is 0 Å². The molecule has 0 aliphatic heterocycles. The number of aryl methyl sites for hydroxylation is 1. The minimum atomic E-state index is -0.339. The lowest BCUT2D eigenvalue weighted by molar-refractivity contribution is 0.185. The fraction of sp³-hybridized carbons (Fsp3) is 0.308. The predicted molar refractivity (Wildman–Crippen MR) is 116 cm³/mol. The highest BCUT2D eigenvalue weighted by molar-refractivity contribution is 5.35. The van der Waals surface area contributed by atoms with Gasteiger partial charge in [0.1, 0.15) is 5.75 Å². The van der Waals surface area contributed by atoms with Crippen LogP contribution in [-0.4, -0.2) is 7.11 Å². The molecular formula is C26H29FO2. The first-order valence-corrected chi connectivity index (χ1v) is 10.1. The molecule has 152 valence electrons. The van der Waals surface area contributed by atoms with E-state index >= 15 is 0 Å². The van der Waals surface area contributed by atoms with Gasteiger partial charge >= 0.3 is 0 Å². The molecule has 0 aliphatic rings. The maximum absolute atomic E-state index is 14.1. The van der Waals surface area contributed by atoms with Gasteiger partial charge in [-0.3, -0.25) is 0 Å². The Morgan fingerprint density at radius 2 is 1.55 bits per heavy atom. The molecular weight excluding hydrogens is 363 g/mol. The fourth-order valence-corrected chi connectivity index (χ4v) is 3.49. The van der Waals surface area contributed by atoms with E-state index in [1.165, 1.54) is 17.2 Å². The van der Waals surface area contributed by atoms with E-state index in [1.807, 2.05) is 42.5 Å². The summed E-state index contributed by atoms with van der Waals surface area (Å²) in [4.78, 5) is 0. The van der Waals surface area contributed by atoms with Crippen LogP contribution in [0.15, 0.2) is 72.8 Å². The van der Waals surface area contributed by atoms with Crippen molar-refractivity contribution in [3.05, 3.63) is 95.3 Å². The second kappa shape index (κ2) is 9.71. The van der Waals surface area contributed by atoms with Gasteiger partial charge in [0, 0.05) is 7.11 Å². The van der Waals surface area contributed by atoms with Crippen molar-refractivity contribution in [1.29, 1.82) is 0 Å². The van der Waals surface area contributed by atoms with Gasteiger partial charge in [-0.25, -0.2) is 4.39 Å². The van der Waals surface area contributed by atoms with Crippen LogP contribution in [0.2, 0.25) is 0 Å². The third kappa shape index (κ3) is 5.91. The Labute approximate surface area is 173 Å². The fourth-order valence-electron chi connectivity index (χ4n) is 3.49. The molecule has 3 aromatic carbocycles. The molecule has 0 saturated heterocycles. The Bertz CT molecular complexity index is 902. The molecule has 29 heavy (non-hydrogen) atoms. The largest absolute Gasteiger partial charge is 0.454 e. The van der Waals surface area contributed by atoms with Crippen molar-refractivity contribution in [2.24, 2.45) is 0 Å². The summed E-state index contributed by atoms with van der Waals surface area (Å²) < 4.78 is 25.0. The van der Waals surface area contributed by atoms with Gasteiger partial charge in [0.2, 0.25) is 0 Å². The van der Waals surface area contributed by atoms with Crippen LogP contribution < -0.4 is 4.74 Å². The Morgan fingerprint density at radius 1 is 0.862 bits per heavy atom. The molecule has 0 heterocycles. The standard InChI is InChI=1S/C26H29FO2/c1-26(2,22-14-11-21(12-15-22)19-28-3)17-7-8-20-13-16-24(27)25(18-20)29-23-9-5-4-6-10-23/h4-6,9-16,18H,7-8,17,19H2,1-3H3. The van der Waals surface area contributed by atoms with Crippen LogP contribution in [0.3, 0.4) is 0 Å². The summed E-state index contributed by atoms with van der Waals surface area (Å²) in [6, 6.07) is 23.1. The quantitative estimate of drug-likeness (QED) is 0.388. The van der Waals surface area contributed by atoms with Crippen molar-refractivity contribution in [3.8, 4) is 11.5 Å². The first-order chi connectivity index (χ1) is 14.0. The van der Waals surface area contributed by atoms with E-state index in [-0.39, 0.29) is 17.0 Å². The third-order valence-corrected chi connectivity index (χ3v) is 5.28. The monoisotopic (exact) mass is 392 g/mol. The van der Waals surface area contributed by atoms with E-state index in [4.69, 9.17) is 9.47 Å². The van der Waals surface area contributed by atoms with Gasteiger partial charge < -0.3 is 9.47 Å². The van der Waals surface area contributed by atoms with E-state index in [2.05, 4.69) is 38.1 Å². The maximum atomic E-state index is 14.1. The van der Waals surface area contributed by atoms with Crippen molar-refractivity contribution >= 4 is 0 Å². The summed E-state index contributed by atoms with van der Waals surface area (Å²) in [5.41, 5.74) is 3.67. The van der Waals surface area contributed by atoms with Crippen molar-refractivity contribution in [3.63, 3.8) is 0 Å². The number of hydrogen-bond acceptors (Lipinski definition) is 2. The number of halogens is 1. The van der Waals surface area contributed by atoms with Crippen molar-refractivity contribution in [2.75, 3.05) is 7.11 Å². The first kappa shape index (κ1) is 21.1. The van der Waals surface area contributed by atoms with Gasteiger partial charge in [-0.15, -0.1) is 0 Å². The van der Waals surface area contributed by atoms with Gasteiger partial charge in [-0.2, -0.15) is 0 Å². The minimum absolute atomic E-state index is 0.0784. The third-order valence-electron chi connectivity index (χ3n) is 5.28. The molecule has 0 amide bonds. The van der Waals surface area contributed by atoms with E-state index in [0.717, 1.165) is 24.8 Å². The van der Waals surface area contributed by atoms with Gasteiger partial charge in [-0.05, 0) is 65.6 Å². The van der Waals surface area contributed by atoms with E-state index in [0.29, 0.717) is 12.4 Å². The van der Waals surface area contributed by atoms with E-state index < -0.39 is 0 Å². The molecule has 0 atom stereocenters. The van der Waals surface area contributed by atoms with Crippen molar-refractivity contribution in [2.45, 2.75) is 45.1 Å². The van der Waals surface area contributed by atoms with Crippen LogP contribution in [0, 0.1) is 5.82 Å². The molecule has 0 spiro atoms. The number of para-hydroxylation sites is 1. The highest BCUT2D eigenvalue weighted by atomic mass is 19.1. The van der Waals surface area contributed by atoms with Crippen LogP contribution in [0.5, 0.6) is 11.5 Å². The molecule has 0 N–H and O–H groups in total. The number of hydrogen-bond donors (Lipinski definition) is 0. The summed E-state index contributed by atoms with van der Waals surface area (Å²) >= 11 is 0. The Hall–Kier alpha value is -2.65. The molecule has 3 heteroatoms. The maximum Gasteiger partial charge on any atom is 0.165 e. The van der Waals surface area contributed by atoms with E-state index in [9.17, 15) is 4.39 Å². The lowest BCUT2D eigenvalue weighted by Crippen LogP contribution is -2.17. The molecule has 0 radical (unpaired) electrons. The molecule has 0 bridgehead atoms. The highest BCUT2D eigenvalue weighted by Gasteiger charge is 2.20. The number of rotatable bonds is 9. The van der Waals surface area contributed by atoms with Gasteiger partial charge in [0.15, 0.2) is 11.6 Å². The average molecular weight is 393 g/mol. The zero-order chi connectivity index (χ0) is 20.7. The van der Waals surface area contributed by atoms with Crippen LogP contribution >= 0.6 is 0 Å². The SMILES string of the molecule is COCc1ccc(C(C)(C)CCCc2ccc(F)c(Oc3ccccc3)c2)cc1. The molecule has 3 aromatic rings. The lowest BCUT2D eigenvalue weighted by Gasteiger charge is -2.25. The highest BCUT2D eigenvalue weighted by Crippen LogP contribution is 2.30. The summed E-state index contributed by atoms with van der Waals surface area (Å²) in [6.07, 6.45) is 2.95. The Kier molecular flexibility index (Phi) is 7.05. The summed E-state index contributed by atoms with van der Waals surface area (Å²) in [5, 5.41) is 0. The number of methoxy groups -OCH3 is 1. The zero-order valence-electron chi connectivity index (χ0n) is 17.5. The Morgan fingerprint density at radius 3 is 2.24 bits per heavy atom. The van der Waals surface area contributed by atoms with Gasteiger partial charge in [0.25, 0.3) is 0 Å². The topological polar surface area (TPSA) is 18.5 Å².